The summed E-state index contributed by atoms with van der Waals surface area (Å²) in [5, 5.41) is 6.32. The van der Waals surface area contributed by atoms with Crippen molar-refractivity contribution in [2.24, 2.45) is 0 Å². The van der Waals surface area contributed by atoms with E-state index in [1.807, 2.05) is 6.07 Å². The van der Waals surface area contributed by atoms with Crippen molar-refractivity contribution >= 4 is 17.7 Å². The molecule has 3 aromatic rings. The van der Waals surface area contributed by atoms with Crippen LogP contribution >= 0.6 is 0 Å². The monoisotopic (exact) mass is 354 g/mol. The lowest BCUT2D eigenvalue weighted by Crippen LogP contribution is -2.26. The van der Waals surface area contributed by atoms with Gasteiger partial charge in [0.2, 0.25) is 6.10 Å². The molecule has 0 saturated heterocycles. The molecule has 7 heteroatoms. The molecule has 1 N–H and O–H groups in total. The van der Waals surface area contributed by atoms with Crippen molar-refractivity contribution in [3.8, 4) is 0 Å². The van der Waals surface area contributed by atoms with E-state index in [0.717, 1.165) is 0 Å². The van der Waals surface area contributed by atoms with Crippen molar-refractivity contribution in [3.63, 3.8) is 0 Å². The van der Waals surface area contributed by atoms with Gasteiger partial charge in [-0.05, 0) is 26.8 Å². The van der Waals surface area contributed by atoms with E-state index in [4.69, 9.17) is 13.7 Å². The number of anilines is 1. The van der Waals surface area contributed by atoms with E-state index in [1.54, 1.807) is 57.2 Å². The van der Waals surface area contributed by atoms with Crippen LogP contribution in [0, 0.1) is 20.8 Å². The fourth-order valence-electron chi connectivity index (χ4n) is 2.52. The van der Waals surface area contributed by atoms with Crippen LogP contribution in [0.15, 0.2) is 51.4 Å². The second-order valence-electron chi connectivity index (χ2n) is 5.83. The number of esters is 1. The number of hydrogen-bond acceptors (Lipinski definition) is 6. The van der Waals surface area contributed by atoms with E-state index < -0.39 is 18.0 Å². The van der Waals surface area contributed by atoms with E-state index in [0.29, 0.717) is 22.8 Å². The predicted octanol–water partition coefficient (Wildman–Crippen LogP) is 3.73. The number of nitrogens with zero attached hydrogens (tertiary/aromatic N) is 1. The molecule has 2 aromatic heterocycles. The maximum atomic E-state index is 12.7. The predicted molar refractivity (Wildman–Crippen MR) is 92.7 cm³/mol. The third kappa shape index (κ3) is 3.83. The van der Waals surface area contributed by atoms with Crippen molar-refractivity contribution in [3.05, 3.63) is 70.9 Å². The standard InChI is InChI=1S/C19H18N2O5/c1-11-9-15(13(3)24-11)19(23)25-17(14-7-5-4-6-8-14)18(22)20-16-10-12(2)26-21-16/h4-10,17H,1-3H3,(H,20,21,22). The third-order valence-electron chi connectivity index (χ3n) is 3.71. The van der Waals surface area contributed by atoms with Gasteiger partial charge in [0.05, 0.1) is 0 Å². The average Bonchev–Trinajstić information content (AvgIpc) is 3.17. The zero-order valence-electron chi connectivity index (χ0n) is 14.6. The Balaban J connectivity index is 1.85. The smallest absolute Gasteiger partial charge is 0.342 e. The molecular weight excluding hydrogens is 336 g/mol. The lowest BCUT2D eigenvalue weighted by Gasteiger charge is -2.17. The number of benzene rings is 1. The van der Waals surface area contributed by atoms with Gasteiger partial charge in [-0.1, -0.05) is 35.5 Å². The summed E-state index contributed by atoms with van der Waals surface area (Å²) in [6.07, 6.45) is -1.14. The molecule has 0 saturated carbocycles. The van der Waals surface area contributed by atoms with Crippen molar-refractivity contribution < 1.29 is 23.3 Å². The average molecular weight is 354 g/mol. The summed E-state index contributed by atoms with van der Waals surface area (Å²) in [6, 6.07) is 11.9. The Labute approximate surface area is 149 Å². The maximum absolute atomic E-state index is 12.7. The molecule has 0 spiro atoms. The first kappa shape index (κ1) is 17.5. The lowest BCUT2D eigenvalue weighted by molar-refractivity contribution is -0.125. The molecule has 1 atom stereocenters. The number of ether oxygens (including phenoxy) is 1. The van der Waals surface area contributed by atoms with Gasteiger partial charge in [0.1, 0.15) is 22.8 Å². The number of carbonyl (C=O) groups excluding carboxylic acids is 2. The number of nitrogens with one attached hydrogen (secondary N) is 1. The third-order valence-corrected chi connectivity index (χ3v) is 3.71. The fraction of sp³-hybridized carbons (Fsp3) is 0.211. The van der Waals surface area contributed by atoms with Gasteiger partial charge in [0.25, 0.3) is 5.91 Å². The van der Waals surface area contributed by atoms with Crippen molar-refractivity contribution in [1.29, 1.82) is 0 Å². The van der Waals surface area contributed by atoms with Crippen LogP contribution in [0.3, 0.4) is 0 Å². The van der Waals surface area contributed by atoms with E-state index in [-0.39, 0.29) is 11.4 Å². The Bertz CT molecular complexity index is 927. The molecule has 0 aliphatic rings. The zero-order valence-corrected chi connectivity index (χ0v) is 14.6. The minimum Gasteiger partial charge on any atom is -0.466 e. The summed E-state index contributed by atoms with van der Waals surface area (Å²) in [4.78, 5) is 25.2. The highest BCUT2D eigenvalue weighted by Gasteiger charge is 2.28. The Kier molecular flexibility index (Phi) is 4.88. The molecule has 1 aromatic carbocycles. The molecule has 0 bridgehead atoms. The molecule has 2 heterocycles. The van der Waals surface area contributed by atoms with Crippen molar-refractivity contribution in [2.75, 3.05) is 5.32 Å². The van der Waals surface area contributed by atoms with E-state index in [2.05, 4.69) is 10.5 Å². The van der Waals surface area contributed by atoms with Gasteiger partial charge in [-0.25, -0.2) is 4.79 Å². The molecule has 7 nitrogen and oxygen atoms in total. The maximum Gasteiger partial charge on any atom is 0.342 e. The van der Waals surface area contributed by atoms with Crippen LogP contribution in [-0.4, -0.2) is 17.0 Å². The molecule has 1 unspecified atom stereocenters. The first-order chi connectivity index (χ1) is 12.4. The number of carbonyl (C=O) groups is 2. The number of amides is 1. The second-order valence-corrected chi connectivity index (χ2v) is 5.83. The summed E-state index contributed by atoms with van der Waals surface area (Å²) >= 11 is 0. The molecule has 0 aliphatic carbocycles. The minimum absolute atomic E-state index is 0.250. The Morgan fingerprint density at radius 1 is 1.08 bits per heavy atom. The largest absolute Gasteiger partial charge is 0.466 e. The molecule has 0 aliphatic heterocycles. The number of hydrogen-bond donors (Lipinski definition) is 1. The van der Waals surface area contributed by atoms with Gasteiger partial charge in [-0.15, -0.1) is 0 Å². The zero-order chi connectivity index (χ0) is 18.7. The number of aryl methyl sites for hydroxylation is 3. The van der Waals surface area contributed by atoms with E-state index >= 15 is 0 Å². The molecule has 1 amide bonds. The molecule has 3 rings (SSSR count). The Hall–Kier alpha value is -3.35. The first-order valence-electron chi connectivity index (χ1n) is 8.01. The summed E-state index contributed by atoms with van der Waals surface area (Å²) in [5.41, 5.74) is 0.824. The highest BCUT2D eigenvalue weighted by atomic mass is 16.5. The SMILES string of the molecule is Cc1cc(NC(=O)C(OC(=O)c2cc(C)oc2C)c2ccccc2)no1. The molecular formula is C19H18N2O5. The first-order valence-corrected chi connectivity index (χ1v) is 8.01. The summed E-state index contributed by atoms with van der Waals surface area (Å²) in [5.74, 6) is 0.661. The van der Waals surface area contributed by atoms with Crippen LogP contribution in [-0.2, 0) is 9.53 Å². The van der Waals surface area contributed by atoms with E-state index in [9.17, 15) is 9.59 Å². The molecule has 26 heavy (non-hydrogen) atoms. The molecule has 0 radical (unpaired) electrons. The summed E-state index contributed by atoms with van der Waals surface area (Å²) in [7, 11) is 0. The van der Waals surface area contributed by atoms with Gasteiger partial charge in [0, 0.05) is 11.6 Å². The number of rotatable bonds is 5. The van der Waals surface area contributed by atoms with Crippen LogP contribution < -0.4 is 5.32 Å². The Morgan fingerprint density at radius 2 is 1.81 bits per heavy atom. The van der Waals surface area contributed by atoms with Crippen LogP contribution in [0.4, 0.5) is 5.82 Å². The minimum atomic E-state index is -1.14. The summed E-state index contributed by atoms with van der Waals surface area (Å²) < 4.78 is 15.8. The normalized spacial score (nSPS) is 11.8. The van der Waals surface area contributed by atoms with Gasteiger partial charge < -0.3 is 19.0 Å². The highest BCUT2D eigenvalue weighted by Crippen LogP contribution is 2.23. The van der Waals surface area contributed by atoms with E-state index in [1.165, 1.54) is 0 Å². The highest BCUT2D eigenvalue weighted by molar-refractivity contribution is 5.98. The van der Waals surface area contributed by atoms with Crippen LogP contribution in [0.5, 0.6) is 0 Å². The van der Waals surface area contributed by atoms with Crippen LogP contribution in [0.2, 0.25) is 0 Å². The van der Waals surface area contributed by atoms with Gasteiger partial charge in [-0.2, -0.15) is 0 Å². The van der Waals surface area contributed by atoms with Gasteiger partial charge in [-0.3, -0.25) is 4.79 Å². The Morgan fingerprint density at radius 3 is 2.38 bits per heavy atom. The topological polar surface area (TPSA) is 94.6 Å². The summed E-state index contributed by atoms with van der Waals surface area (Å²) in [6.45, 7) is 5.11. The lowest BCUT2D eigenvalue weighted by atomic mass is 10.1. The fourth-order valence-corrected chi connectivity index (χ4v) is 2.52. The van der Waals surface area contributed by atoms with Crippen molar-refractivity contribution in [2.45, 2.75) is 26.9 Å². The van der Waals surface area contributed by atoms with Crippen molar-refractivity contribution in [1.82, 2.24) is 5.16 Å². The second kappa shape index (κ2) is 7.26. The molecule has 134 valence electrons. The number of aromatic nitrogens is 1. The van der Waals surface area contributed by atoms with Gasteiger partial charge >= 0.3 is 5.97 Å². The molecule has 0 fully saturated rings. The number of furan rings is 1. The quantitative estimate of drug-likeness (QED) is 0.702. The van der Waals surface area contributed by atoms with Gasteiger partial charge in [0.15, 0.2) is 5.82 Å². The van der Waals surface area contributed by atoms with Crippen LogP contribution in [0.1, 0.15) is 39.3 Å². The van der Waals surface area contributed by atoms with Crippen LogP contribution in [0.25, 0.3) is 0 Å².